The summed E-state index contributed by atoms with van der Waals surface area (Å²) in [4.78, 5) is 14.1. The number of hydrogen-bond acceptors (Lipinski definition) is 3. The topological polar surface area (TPSA) is 66.6 Å². The molecule has 3 atom stereocenters. The molecular formula is C13H24N2O2. The van der Waals surface area contributed by atoms with E-state index < -0.39 is 0 Å². The van der Waals surface area contributed by atoms with Crippen LogP contribution in [-0.4, -0.2) is 40.6 Å². The molecule has 17 heavy (non-hydrogen) atoms. The number of aliphatic hydroxyl groups is 1. The highest BCUT2D eigenvalue weighted by Gasteiger charge is 2.34. The fourth-order valence-corrected chi connectivity index (χ4v) is 2.79. The second-order valence-corrected chi connectivity index (χ2v) is 5.70. The van der Waals surface area contributed by atoms with Crippen LogP contribution in [-0.2, 0) is 4.79 Å². The number of nitrogens with zero attached hydrogens (tertiary/aromatic N) is 1. The van der Waals surface area contributed by atoms with Gasteiger partial charge in [0.2, 0.25) is 5.91 Å². The maximum absolute atomic E-state index is 12.2. The van der Waals surface area contributed by atoms with E-state index in [0.29, 0.717) is 12.3 Å². The number of aliphatic hydroxyl groups excluding tert-OH is 1. The van der Waals surface area contributed by atoms with E-state index in [4.69, 9.17) is 5.73 Å². The summed E-state index contributed by atoms with van der Waals surface area (Å²) in [6, 6.07) is -0.121. The van der Waals surface area contributed by atoms with Crippen LogP contribution in [0.1, 0.15) is 45.4 Å². The third kappa shape index (κ3) is 3.42. The Balaban J connectivity index is 1.87. The van der Waals surface area contributed by atoms with Gasteiger partial charge in [-0.25, -0.2) is 0 Å². The van der Waals surface area contributed by atoms with Crippen LogP contribution >= 0.6 is 0 Å². The van der Waals surface area contributed by atoms with Crippen LogP contribution in [0.3, 0.4) is 0 Å². The highest BCUT2D eigenvalue weighted by atomic mass is 16.3. The standard InChI is InChI=1S/C13H24N2O2/c1-9(16)7-11-3-2-6-15(11)13(17)12(14)8-10-4-5-10/h9-12,16H,2-8,14H2,1H3/t9?,11?,12-/m0/s1. The first-order valence-corrected chi connectivity index (χ1v) is 6.82. The molecule has 0 aromatic heterocycles. The van der Waals surface area contributed by atoms with Gasteiger partial charge in [-0.2, -0.15) is 0 Å². The van der Waals surface area contributed by atoms with Gasteiger partial charge in [-0.15, -0.1) is 0 Å². The molecule has 0 radical (unpaired) electrons. The van der Waals surface area contributed by atoms with E-state index in [-0.39, 0.29) is 24.1 Å². The summed E-state index contributed by atoms with van der Waals surface area (Å²) in [7, 11) is 0. The summed E-state index contributed by atoms with van der Waals surface area (Å²) < 4.78 is 0. The van der Waals surface area contributed by atoms with Crippen LogP contribution < -0.4 is 5.73 Å². The molecule has 0 spiro atoms. The van der Waals surface area contributed by atoms with Crippen molar-refractivity contribution in [1.82, 2.24) is 4.90 Å². The second kappa shape index (κ2) is 5.36. The number of rotatable bonds is 5. The lowest BCUT2D eigenvalue weighted by molar-refractivity contribution is -0.134. The molecule has 1 saturated heterocycles. The smallest absolute Gasteiger partial charge is 0.239 e. The van der Waals surface area contributed by atoms with Gasteiger partial charge in [-0.3, -0.25) is 4.79 Å². The van der Waals surface area contributed by atoms with Crippen LogP contribution in [0, 0.1) is 5.92 Å². The summed E-state index contributed by atoms with van der Waals surface area (Å²) in [5, 5.41) is 9.44. The minimum absolute atomic E-state index is 0.0973. The van der Waals surface area contributed by atoms with Gasteiger partial charge in [0.25, 0.3) is 0 Å². The molecule has 0 aromatic carbocycles. The van der Waals surface area contributed by atoms with Crippen LogP contribution in [0.4, 0.5) is 0 Å². The molecule has 98 valence electrons. The van der Waals surface area contributed by atoms with Crippen molar-refractivity contribution in [2.45, 2.75) is 63.6 Å². The zero-order valence-corrected chi connectivity index (χ0v) is 10.6. The second-order valence-electron chi connectivity index (χ2n) is 5.70. The predicted molar refractivity (Wildman–Crippen MR) is 66.3 cm³/mol. The Morgan fingerprint density at radius 2 is 2.12 bits per heavy atom. The highest BCUT2D eigenvalue weighted by molar-refractivity contribution is 5.82. The minimum Gasteiger partial charge on any atom is -0.393 e. The molecule has 1 saturated carbocycles. The molecule has 1 aliphatic carbocycles. The fraction of sp³-hybridized carbons (Fsp3) is 0.923. The molecule has 0 aromatic rings. The van der Waals surface area contributed by atoms with Crippen molar-refractivity contribution >= 4 is 5.91 Å². The van der Waals surface area contributed by atoms with Crippen molar-refractivity contribution in [3.63, 3.8) is 0 Å². The third-order valence-electron chi connectivity index (χ3n) is 3.87. The summed E-state index contributed by atoms with van der Waals surface area (Å²) in [6.07, 6.45) is 5.70. The van der Waals surface area contributed by atoms with Crippen molar-refractivity contribution in [2.24, 2.45) is 11.7 Å². The van der Waals surface area contributed by atoms with E-state index in [9.17, 15) is 9.90 Å². The van der Waals surface area contributed by atoms with E-state index in [1.165, 1.54) is 12.8 Å². The van der Waals surface area contributed by atoms with Gasteiger partial charge in [0.05, 0.1) is 12.1 Å². The Morgan fingerprint density at radius 1 is 1.41 bits per heavy atom. The van der Waals surface area contributed by atoms with Gasteiger partial charge in [0.1, 0.15) is 0 Å². The van der Waals surface area contributed by atoms with E-state index in [1.807, 2.05) is 4.90 Å². The Kier molecular flexibility index (Phi) is 4.05. The molecule has 1 amide bonds. The molecule has 3 N–H and O–H groups in total. The molecule has 4 nitrogen and oxygen atoms in total. The normalized spacial score (nSPS) is 28.2. The van der Waals surface area contributed by atoms with Gasteiger partial charge >= 0.3 is 0 Å². The Labute approximate surface area is 103 Å². The van der Waals surface area contributed by atoms with Crippen molar-refractivity contribution in [2.75, 3.05) is 6.54 Å². The summed E-state index contributed by atoms with van der Waals surface area (Å²) in [6.45, 7) is 2.60. The average Bonchev–Trinajstić information content (AvgIpc) is 2.95. The van der Waals surface area contributed by atoms with E-state index in [0.717, 1.165) is 25.8 Å². The lowest BCUT2D eigenvalue weighted by Gasteiger charge is -2.28. The maximum atomic E-state index is 12.2. The molecule has 1 heterocycles. The van der Waals surface area contributed by atoms with Gasteiger partial charge in [0, 0.05) is 12.6 Å². The number of likely N-dealkylation sites (tertiary alicyclic amines) is 1. The summed E-state index contributed by atoms with van der Waals surface area (Å²) >= 11 is 0. The van der Waals surface area contributed by atoms with Gasteiger partial charge in [-0.05, 0) is 38.5 Å². The van der Waals surface area contributed by atoms with Crippen molar-refractivity contribution in [3.8, 4) is 0 Å². The first-order valence-electron chi connectivity index (χ1n) is 6.82. The maximum Gasteiger partial charge on any atom is 0.239 e. The molecule has 1 aliphatic heterocycles. The molecule has 4 heteroatoms. The van der Waals surface area contributed by atoms with Crippen molar-refractivity contribution in [1.29, 1.82) is 0 Å². The van der Waals surface area contributed by atoms with Crippen LogP contribution in [0.5, 0.6) is 0 Å². The van der Waals surface area contributed by atoms with Crippen molar-refractivity contribution < 1.29 is 9.90 Å². The van der Waals surface area contributed by atoms with Crippen LogP contribution in [0.2, 0.25) is 0 Å². The van der Waals surface area contributed by atoms with Crippen LogP contribution in [0.15, 0.2) is 0 Å². The number of hydrogen-bond donors (Lipinski definition) is 2. The van der Waals surface area contributed by atoms with Gasteiger partial charge < -0.3 is 15.7 Å². The molecular weight excluding hydrogens is 216 g/mol. The Morgan fingerprint density at radius 3 is 2.71 bits per heavy atom. The van der Waals surface area contributed by atoms with E-state index in [1.54, 1.807) is 6.92 Å². The fourth-order valence-electron chi connectivity index (χ4n) is 2.79. The summed E-state index contributed by atoms with van der Waals surface area (Å²) in [5.74, 6) is 0.784. The number of carbonyl (C=O) groups is 1. The lowest BCUT2D eigenvalue weighted by Crippen LogP contribution is -2.46. The van der Waals surface area contributed by atoms with E-state index in [2.05, 4.69) is 0 Å². The highest BCUT2D eigenvalue weighted by Crippen LogP contribution is 2.34. The minimum atomic E-state index is -0.340. The number of carbonyl (C=O) groups excluding carboxylic acids is 1. The molecule has 2 unspecified atom stereocenters. The zero-order valence-electron chi connectivity index (χ0n) is 10.6. The quantitative estimate of drug-likeness (QED) is 0.749. The SMILES string of the molecule is CC(O)CC1CCCN1C(=O)[C@@H](N)CC1CC1. The molecule has 2 fully saturated rings. The van der Waals surface area contributed by atoms with Crippen molar-refractivity contribution in [3.05, 3.63) is 0 Å². The van der Waals surface area contributed by atoms with E-state index >= 15 is 0 Å². The third-order valence-corrected chi connectivity index (χ3v) is 3.87. The monoisotopic (exact) mass is 240 g/mol. The number of nitrogens with two attached hydrogens (primary N) is 1. The lowest BCUT2D eigenvalue weighted by atomic mass is 10.1. The average molecular weight is 240 g/mol. The molecule has 2 rings (SSSR count). The van der Waals surface area contributed by atoms with Crippen LogP contribution in [0.25, 0.3) is 0 Å². The largest absolute Gasteiger partial charge is 0.393 e. The van der Waals surface area contributed by atoms with Gasteiger partial charge in [0.15, 0.2) is 0 Å². The predicted octanol–water partition coefficient (Wildman–Crippen LogP) is 0.876. The molecule has 0 bridgehead atoms. The Bertz CT molecular complexity index is 277. The first kappa shape index (κ1) is 12.8. The molecule has 2 aliphatic rings. The van der Waals surface area contributed by atoms with Gasteiger partial charge in [-0.1, -0.05) is 12.8 Å². The number of amides is 1. The summed E-state index contributed by atoms with van der Waals surface area (Å²) in [5.41, 5.74) is 5.98. The zero-order chi connectivity index (χ0) is 12.4. The Hall–Kier alpha value is -0.610. The first-order chi connectivity index (χ1) is 8.08.